The molecule has 0 radical (unpaired) electrons. The van der Waals surface area contributed by atoms with E-state index in [-0.39, 0.29) is 11.9 Å². The van der Waals surface area contributed by atoms with Crippen LogP contribution in [0.5, 0.6) is 0 Å². The van der Waals surface area contributed by atoms with E-state index in [4.69, 9.17) is 10.00 Å². The summed E-state index contributed by atoms with van der Waals surface area (Å²) in [7, 11) is 1.43. The van der Waals surface area contributed by atoms with E-state index in [1.165, 1.54) is 7.11 Å². The van der Waals surface area contributed by atoms with E-state index in [0.717, 1.165) is 38.0 Å². The number of methoxy groups -OCH3 is 1. The number of likely N-dealkylation sites (tertiary alicyclic amines) is 1. The minimum atomic E-state index is -0.327. The summed E-state index contributed by atoms with van der Waals surface area (Å²) in [4.78, 5) is 14.9. The Morgan fingerprint density at radius 2 is 2.07 bits per heavy atom. The van der Waals surface area contributed by atoms with E-state index < -0.39 is 0 Å². The largest absolute Gasteiger partial charge is 0.469 e. The molecule has 0 saturated carbocycles. The first kappa shape index (κ1) is 19.7. The summed E-state index contributed by atoms with van der Waals surface area (Å²) in [6.45, 7) is 2.97. The smallest absolute Gasteiger partial charge is 0.313 e. The molecule has 1 aromatic carbocycles. The van der Waals surface area contributed by atoms with Crippen molar-refractivity contribution in [1.82, 2.24) is 4.90 Å². The van der Waals surface area contributed by atoms with Gasteiger partial charge in [0.05, 0.1) is 24.7 Å². The van der Waals surface area contributed by atoms with Crippen molar-refractivity contribution in [1.29, 1.82) is 5.26 Å². The van der Waals surface area contributed by atoms with Gasteiger partial charge >= 0.3 is 5.97 Å². The molecule has 4 rings (SSSR count). The molecule has 1 spiro atoms. The number of rotatable bonds is 5. The maximum Gasteiger partial charge on any atom is 0.313 e. The van der Waals surface area contributed by atoms with E-state index in [1.807, 2.05) is 12.1 Å². The van der Waals surface area contributed by atoms with Gasteiger partial charge in [0.2, 0.25) is 0 Å². The quantitative estimate of drug-likeness (QED) is 0.560. The molecule has 0 bridgehead atoms. The third kappa shape index (κ3) is 3.93. The molecule has 0 aromatic heterocycles. The van der Waals surface area contributed by atoms with Gasteiger partial charge < -0.3 is 9.64 Å². The predicted molar refractivity (Wildman–Crippen MR) is 113 cm³/mol. The van der Waals surface area contributed by atoms with Gasteiger partial charge in [-0.2, -0.15) is 5.26 Å². The number of carbonyl (C=O) groups excluding carboxylic acids is 1. The van der Waals surface area contributed by atoms with Gasteiger partial charge in [0.15, 0.2) is 0 Å². The van der Waals surface area contributed by atoms with Gasteiger partial charge in [0.25, 0.3) is 0 Å². The highest BCUT2D eigenvalue weighted by molar-refractivity contribution is 5.78. The maximum atomic E-state index is 12.4. The average molecular weight is 389 g/mol. The van der Waals surface area contributed by atoms with Crippen LogP contribution in [-0.4, -0.2) is 37.6 Å². The highest BCUT2D eigenvalue weighted by atomic mass is 16.5. The Morgan fingerprint density at radius 1 is 1.28 bits per heavy atom. The summed E-state index contributed by atoms with van der Waals surface area (Å²) in [5.74, 6) is 0.606. The third-order valence-electron chi connectivity index (χ3n) is 6.92. The lowest BCUT2D eigenvalue weighted by molar-refractivity contribution is -0.142. The van der Waals surface area contributed by atoms with Crippen LogP contribution >= 0.6 is 0 Å². The number of hydrogen-bond acceptors (Lipinski definition) is 4. The second-order valence-corrected chi connectivity index (χ2v) is 8.41. The van der Waals surface area contributed by atoms with Gasteiger partial charge in [0.1, 0.15) is 0 Å². The molecule has 1 fully saturated rings. The van der Waals surface area contributed by atoms with Crippen LogP contribution in [0.15, 0.2) is 60.7 Å². The summed E-state index contributed by atoms with van der Waals surface area (Å²) in [5.41, 5.74) is 1.74. The van der Waals surface area contributed by atoms with Crippen molar-refractivity contribution < 1.29 is 9.53 Å². The topological polar surface area (TPSA) is 53.3 Å². The molecule has 1 aromatic rings. The van der Waals surface area contributed by atoms with Crippen molar-refractivity contribution in [2.45, 2.75) is 25.2 Å². The van der Waals surface area contributed by atoms with Crippen LogP contribution in [0.1, 0.15) is 36.3 Å². The fourth-order valence-corrected chi connectivity index (χ4v) is 5.19. The van der Waals surface area contributed by atoms with Crippen LogP contribution in [0, 0.1) is 28.6 Å². The number of hydrogen-bond donors (Lipinski definition) is 0. The second-order valence-electron chi connectivity index (χ2n) is 8.41. The highest BCUT2D eigenvalue weighted by Gasteiger charge is 2.44. The molecule has 1 aliphatic heterocycles. The van der Waals surface area contributed by atoms with Crippen molar-refractivity contribution in [3.05, 3.63) is 71.8 Å². The summed E-state index contributed by atoms with van der Waals surface area (Å²) in [6, 6.07) is 9.48. The van der Waals surface area contributed by atoms with E-state index in [2.05, 4.69) is 47.4 Å². The molecule has 4 heteroatoms. The number of benzene rings is 1. The number of esters is 1. The Bertz CT molecular complexity index is 884. The molecule has 3 aliphatic rings. The summed E-state index contributed by atoms with van der Waals surface area (Å²) >= 11 is 0. The average Bonchev–Trinajstić information content (AvgIpc) is 3.13. The molecule has 3 atom stereocenters. The van der Waals surface area contributed by atoms with Gasteiger partial charge in [-0.15, -0.1) is 0 Å². The zero-order valence-electron chi connectivity index (χ0n) is 17.0. The Hall–Kier alpha value is -2.64. The number of nitrogens with zero attached hydrogens (tertiary/aromatic N) is 2. The van der Waals surface area contributed by atoms with E-state index in [0.29, 0.717) is 29.2 Å². The highest BCUT2D eigenvalue weighted by Crippen LogP contribution is 2.50. The zero-order chi connectivity index (χ0) is 20.3. The Balaban J connectivity index is 1.38. The second kappa shape index (κ2) is 8.39. The summed E-state index contributed by atoms with van der Waals surface area (Å²) < 4.78 is 5.05. The molecule has 4 nitrogen and oxygen atoms in total. The fraction of sp³-hybridized carbons (Fsp3) is 0.440. The normalized spacial score (nSPS) is 25.5. The van der Waals surface area contributed by atoms with Crippen LogP contribution in [0.25, 0.3) is 0 Å². The Kier molecular flexibility index (Phi) is 5.69. The monoisotopic (exact) mass is 388 g/mol. The molecule has 2 aliphatic carbocycles. The number of carbonyl (C=O) groups is 1. The molecule has 150 valence electrons. The van der Waals surface area contributed by atoms with Crippen LogP contribution in [-0.2, 0) is 9.53 Å². The molecule has 1 heterocycles. The molecular formula is C25H28N2O2. The lowest BCUT2D eigenvalue weighted by Gasteiger charge is -2.43. The zero-order valence-corrected chi connectivity index (χ0v) is 17.0. The predicted octanol–water partition coefficient (Wildman–Crippen LogP) is 4.22. The van der Waals surface area contributed by atoms with Gasteiger partial charge in [-0.3, -0.25) is 4.79 Å². The van der Waals surface area contributed by atoms with Gasteiger partial charge in [-0.1, -0.05) is 48.6 Å². The maximum absolute atomic E-state index is 12.4. The minimum absolute atomic E-state index is 0.228. The summed E-state index contributed by atoms with van der Waals surface area (Å²) in [6.07, 6.45) is 16.9. The van der Waals surface area contributed by atoms with Gasteiger partial charge in [-0.05, 0) is 67.9 Å². The number of ether oxygens (including phenoxy) is 1. The van der Waals surface area contributed by atoms with Crippen molar-refractivity contribution in [2.75, 3.05) is 26.7 Å². The lowest BCUT2D eigenvalue weighted by Crippen LogP contribution is -2.43. The number of allylic oxidation sites excluding steroid dienone is 6. The van der Waals surface area contributed by atoms with Crippen molar-refractivity contribution >= 4 is 5.97 Å². The molecule has 3 unspecified atom stereocenters. The first-order chi connectivity index (χ1) is 14.1. The van der Waals surface area contributed by atoms with Gasteiger partial charge in [0, 0.05) is 5.92 Å². The third-order valence-corrected chi connectivity index (χ3v) is 6.92. The lowest BCUT2D eigenvalue weighted by atomic mass is 9.67. The van der Waals surface area contributed by atoms with Crippen LogP contribution in [0.4, 0.5) is 0 Å². The molecule has 0 amide bonds. The standard InChI is InChI=1S/C25H28N2O2/c1-29-24(28)22(21-7-4-5-19(17-21)18-26)10-14-27-15-12-25(13-16-27)11-9-20-6-2-3-8-23(20)25/h2-9,11,17,20,22-23H,10,12-16H2,1H3. The number of fused-ring (bicyclic) bond motifs is 2. The van der Waals surface area contributed by atoms with Crippen molar-refractivity contribution in [3.8, 4) is 6.07 Å². The minimum Gasteiger partial charge on any atom is -0.469 e. The van der Waals surface area contributed by atoms with Crippen LogP contribution in [0.2, 0.25) is 0 Å². The van der Waals surface area contributed by atoms with E-state index >= 15 is 0 Å². The molecule has 1 saturated heterocycles. The Morgan fingerprint density at radius 3 is 2.83 bits per heavy atom. The van der Waals surface area contributed by atoms with Crippen LogP contribution < -0.4 is 0 Å². The SMILES string of the molecule is COC(=O)C(CCN1CCC2(C=CC3C=CC=CC32)CC1)c1cccc(C#N)c1. The van der Waals surface area contributed by atoms with E-state index in [1.54, 1.807) is 12.1 Å². The summed E-state index contributed by atoms with van der Waals surface area (Å²) in [5, 5.41) is 9.17. The van der Waals surface area contributed by atoms with Crippen LogP contribution in [0.3, 0.4) is 0 Å². The molecular weight excluding hydrogens is 360 g/mol. The fourth-order valence-electron chi connectivity index (χ4n) is 5.19. The number of nitriles is 1. The first-order valence-corrected chi connectivity index (χ1v) is 10.5. The van der Waals surface area contributed by atoms with Crippen molar-refractivity contribution in [2.24, 2.45) is 17.3 Å². The molecule has 0 N–H and O–H groups in total. The van der Waals surface area contributed by atoms with Crippen molar-refractivity contribution in [3.63, 3.8) is 0 Å². The first-order valence-electron chi connectivity index (χ1n) is 10.5. The van der Waals surface area contributed by atoms with E-state index in [9.17, 15) is 4.79 Å². The Labute approximate surface area is 173 Å². The molecule has 29 heavy (non-hydrogen) atoms. The van der Waals surface area contributed by atoms with Gasteiger partial charge in [-0.25, -0.2) is 0 Å². The number of piperidine rings is 1.